The lowest BCUT2D eigenvalue weighted by atomic mass is 9.86. The lowest BCUT2D eigenvalue weighted by Crippen LogP contribution is -2.42. The maximum absolute atomic E-state index is 12.2. The fourth-order valence-electron chi connectivity index (χ4n) is 3.37. The Hall–Kier alpha value is -1.51. The smallest absolute Gasteiger partial charge is 0.256 e. The normalized spacial score (nSPS) is 21.3. The number of hydrogen-bond acceptors (Lipinski definition) is 6. The third-order valence-electron chi connectivity index (χ3n) is 4.05. The van der Waals surface area contributed by atoms with E-state index >= 15 is 0 Å². The fourth-order valence-corrected chi connectivity index (χ4v) is 5.62. The maximum Gasteiger partial charge on any atom is 0.256 e. The molecule has 4 N–H and O–H groups in total. The Kier molecular flexibility index (Phi) is 3.97. The first-order valence-electron chi connectivity index (χ1n) is 7.59. The van der Waals surface area contributed by atoms with Crippen LogP contribution in [0.3, 0.4) is 0 Å². The number of carbonyl (C=O) groups is 2. The molecule has 0 radical (unpaired) electrons. The fraction of sp³-hybridized carbons (Fsp3) is 0.500. The van der Waals surface area contributed by atoms with Gasteiger partial charge in [0.1, 0.15) is 5.00 Å². The van der Waals surface area contributed by atoms with Gasteiger partial charge >= 0.3 is 0 Å². The highest BCUT2D eigenvalue weighted by Crippen LogP contribution is 2.50. The van der Waals surface area contributed by atoms with E-state index < -0.39 is 17.4 Å². The molecule has 0 saturated heterocycles. The summed E-state index contributed by atoms with van der Waals surface area (Å²) in [7, 11) is 0. The van der Waals surface area contributed by atoms with Crippen molar-refractivity contribution in [2.24, 2.45) is 11.5 Å². The monoisotopic (exact) mass is 367 g/mol. The molecular formula is C16H21N3O3S2. The van der Waals surface area contributed by atoms with E-state index in [2.05, 4.69) is 0 Å². The zero-order valence-corrected chi connectivity index (χ0v) is 15.8. The molecule has 0 unspecified atom stereocenters. The van der Waals surface area contributed by atoms with Gasteiger partial charge in [0.25, 0.3) is 11.8 Å². The highest BCUT2D eigenvalue weighted by atomic mass is 32.2. The van der Waals surface area contributed by atoms with E-state index in [4.69, 9.17) is 16.2 Å². The van der Waals surface area contributed by atoms with Crippen LogP contribution < -0.4 is 16.4 Å². The molecule has 0 saturated carbocycles. The quantitative estimate of drug-likeness (QED) is 0.854. The number of thiophene rings is 1. The molecule has 24 heavy (non-hydrogen) atoms. The van der Waals surface area contributed by atoms with Gasteiger partial charge < -0.3 is 21.1 Å². The van der Waals surface area contributed by atoms with Crippen LogP contribution in [-0.2, 0) is 21.6 Å². The summed E-state index contributed by atoms with van der Waals surface area (Å²) in [4.78, 5) is 26.9. The predicted molar refractivity (Wildman–Crippen MR) is 96.9 cm³/mol. The molecule has 8 heteroatoms. The summed E-state index contributed by atoms with van der Waals surface area (Å²) in [5.41, 5.74) is 11.6. The third kappa shape index (κ3) is 2.82. The molecular weight excluding hydrogens is 346 g/mol. The van der Waals surface area contributed by atoms with E-state index in [0.29, 0.717) is 22.8 Å². The highest BCUT2D eigenvalue weighted by molar-refractivity contribution is 8.04. The average molecular weight is 367 g/mol. The van der Waals surface area contributed by atoms with Crippen molar-refractivity contribution in [3.05, 3.63) is 27.1 Å². The van der Waals surface area contributed by atoms with Gasteiger partial charge in [-0.25, -0.2) is 0 Å². The first kappa shape index (κ1) is 17.3. The van der Waals surface area contributed by atoms with Crippen LogP contribution in [0.5, 0.6) is 0 Å². The number of ether oxygens (including phenoxy) is 1. The number of nitrogens with two attached hydrogens (primary N) is 2. The Morgan fingerprint density at radius 3 is 2.42 bits per heavy atom. The molecule has 2 aliphatic heterocycles. The van der Waals surface area contributed by atoms with Crippen LogP contribution >= 0.6 is 23.1 Å². The van der Waals surface area contributed by atoms with E-state index in [9.17, 15) is 9.59 Å². The maximum atomic E-state index is 12.2. The molecule has 0 spiro atoms. The molecule has 0 aromatic carbocycles. The predicted octanol–water partition coefficient (Wildman–Crippen LogP) is 2.27. The van der Waals surface area contributed by atoms with Crippen LogP contribution in [0.15, 0.2) is 11.1 Å². The van der Waals surface area contributed by atoms with Crippen molar-refractivity contribution in [2.75, 3.05) is 10.8 Å². The molecule has 130 valence electrons. The summed E-state index contributed by atoms with van der Waals surface area (Å²) < 4.78 is 6.20. The number of rotatable bonds is 3. The molecule has 2 amide bonds. The molecule has 3 heterocycles. The Bertz CT molecular complexity index is 765. The van der Waals surface area contributed by atoms with E-state index in [1.807, 2.05) is 32.6 Å². The van der Waals surface area contributed by atoms with E-state index in [-0.39, 0.29) is 5.60 Å². The van der Waals surface area contributed by atoms with E-state index in [0.717, 1.165) is 15.4 Å². The van der Waals surface area contributed by atoms with Gasteiger partial charge in [-0.1, -0.05) is 11.8 Å². The van der Waals surface area contributed by atoms with Crippen molar-refractivity contribution in [3.8, 4) is 0 Å². The van der Waals surface area contributed by atoms with Crippen LogP contribution in [0.2, 0.25) is 0 Å². The first-order chi connectivity index (χ1) is 11.0. The molecule has 2 aliphatic rings. The molecule has 0 aliphatic carbocycles. The summed E-state index contributed by atoms with van der Waals surface area (Å²) in [6.45, 7) is 8.02. The number of carbonyl (C=O) groups excluding carboxylic acids is 2. The van der Waals surface area contributed by atoms with Crippen molar-refractivity contribution in [3.63, 3.8) is 0 Å². The van der Waals surface area contributed by atoms with Crippen molar-refractivity contribution < 1.29 is 14.3 Å². The number of anilines is 1. The zero-order valence-electron chi connectivity index (χ0n) is 14.1. The third-order valence-corrected chi connectivity index (χ3v) is 6.65. The summed E-state index contributed by atoms with van der Waals surface area (Å²) >= 11 is 2.85. The minimum atomic E-state index is -0.507. The summed E-state index contributed by atoms with van der Waals surface area (Å²) in [5.74, 6) is -0.390. The van der Waals surface area contributed by atoms with Crippen LogP contribution in [-0.4, -0.2) is 23.3 Å². The van der Waals surface area contributed by atoms with Crippen molar-refractivity contribution >= 4 is 39.9 Å². The molecule has 3 rings (SSSR count). The highest BCUT2D eigenvalue weighted by Gasteiger charge is 2.43. The Balaban J connectivity index is 2.15. The second kappa shape index (κ2) is 5.50. The van der Waals surface area contributed by atoms with Gasteiger partial charge in [0, 0.05) is 17.5 Å². The Labute approximate surface area is 149 Å². The Morgan fingerprint density at radius 2 is 1.88 bits per heavy atom. The van der Waals surface area contributed by atoms with Gasteiger partial charge in [0.2, 0.25) is 0 Å². The van der Waals surface area contributed by atoms with E-state index in [1.165, 1.54) is 23.1 Å². The molecule has 0 bridgehead atoms. The molecule has 6 nitrogen and oxygen atoms in total. The number of hydrogen-bond donors (Lipinski definition) is 2. The topological polar surface area (TPSA) is 98.6 Å². The summed E-state index contributed by atoms with van der Waals surface area (Å²) in [5, 5.41) is 0.755. The number of thioether (sulfide) groups is 1. The van der Waals surface area contributed by atoms with Gasteiger partial charge in [-0.05, 0) is 33.3 Å². The van der Waals surface area contributed by atoms with Crippen LogP contribution in [0.25, 0.3) is 0 Å². The van der Waals surface area contributed by atoms with Gasteiger partial charge in [0.05, 0.1) is 27.5 Å². The largest absolute Gasteiger partial charge is 0.365 e. The van der Waals surface area contributed by atoms with E-state index in [1.54, 1.807) is 6.20 Å². The standard InChI is InChI=1S/C16H21N3O3S2/c1-15(2)5-8-10(13(18)21)14(24-11(8)16(3,4)22-15)19-6-9(12(17)20)23-7-19/h6H,5,7H2,1-4H3,(H2,17,20)(H2,18,21). The summed E-state index contributed by atoms with van der Waals surface area (Å²) in [6, 6.07) is 0. The van der Waals surface area contributed by atoms with Gasteiger partial charge in [-0.15, -0.1) is 11.3 Å². The number of amides is 2. The van der Waals surface area contributed by atoms with Gasteiger partial charge in [0.15, 0.2) is 0 Å². The molecule has 0 atom stereocenters. The van der Waals surface area contributed by atoms with Crippen LogP contribution in [0, 0.1) is 0 Å². The average Bonchev–Trinajstić information content (AvgIpc) is 2.99. The van der Waals surface area contributed by atoms with Gasteiger partial charge in [-0.2, -0.15) is 0 Å². The zero-order chi connectivity index (χ0) is 17.9. The summed E-state index contributed by atoms with van der Waals surface area (Å²) in [6.07, 6.45) is 2.31. The van der Waals surface area contributed by atoms with Crippen LogP contribution in [0.4, 0.5) is 5.00 Å². The Morgan fingerprint density at radius 1 is 1.21 bits per heavy atom. The van der Waals surface area contributed by atoms with Gasteiger partial charge in [-0.3, -0.25) is 9.59 Å². The number of primary amides is 2. The van der Waals surface area contributed by atoms with Crippen LogP contribution in [0.1, 0.15) is 48.5 Å². The molecule has 0 fully saturated rings. The van der Waals surface area contributed by atoms with Crippen molar-refractivity contribution in [1.82, 2.24) is 0 Å². The number of fused-ring (bicyclic) bond motifs is 1. The minimum Gasteiger partial charge on any atom is -0.365 e. The second-order valence-corrected chi connectivity index (χ2v) is 9.09. The minimum absolute atomic E-state index is 0.382. The lowest BCUT2D eigenvalue weighted by molar-refractivity contribution is -0.135. The number of nitrogens with zero attached hydrogens (tertiary/aromatic N) is 1. The second-order valence-electron chi connectivity index (χ2n) is 7.10. The first-order valence-corrected chi connectivity index (χ1v) is 9.39. The lowest BCUT2D eigenvalue weighted by Gasteiger charge is -2.41. The van der Waals surface area contributed by atoms with Crippen molar-refractivity contribution in [1.29, 1.82) is 0 Å². The molecule has 1 aromatic rings. The van der Waals surface area contributed by atoms with Crippen molar-refractivity contribution in [2.45, 2.75) is 45.3 Å². The SMILES string of the molecule is CC1(C)Cc2c(sc(N3C=C(C(N)=O)SC3)c2C(N)=O)C(C)(C)O1. The molecule has 1 aromatic heterocycles.